The van der Waals surface area contributed by atoms with Crippen LogP contribution in [0, 0.1) is 5.92 Å². The van der Waals surface area contributed by atoms with Gasteiger partial charge in [0.05, 0.1) is 13.2 Å². The van der Waals surface area contributed by atoms with Gasteiger partial charge in [0, 0.05) is 18.2 Å². The number of ether oxygens (including phenoxy) is 1. The second-order valence-electron chi connectivity index (χ2n) is 6.11. The Morgan fingerprint density at radius 2 is 1.90 bits per heavy atom. The summed E-state index contributed by atoms with van der Waals surface area (Å²) < 4.78 is 5.33. The number of para-hydroxylation sites is 1. The molecule has 0 aliphatic heterocycles. The summed E-state index contributed by atoms with van der Waals surface area (Å²) in [6, 6.07) is 8.33. The molecule has 0 bridgehead atoms. The minimum atomic E-state index is -0.490. The van der Waals surface area contributed by atoms with E-state index < -0.39 is 6.10 Å². The van der Waals surface area contributed by atoms with E-state index in [0.717, 1.165) is 17.2 Å². The number of aliphatic hydroxyl groups excluding tert-OH is 1. The van der Waals surface area contributed by atoms with E-state index in [1.807, 2.05) is 24.3 Å². The molecule has 1 unspecified atom stereocenters. The van der Waals surface area contributed by atoms with Crippen molar-refractivity contribution in [2.24, 2.45) is 5.92 Å². The lowest BCUT2D eigenvalue weighted by atomic mass is 9.86. The molecule has 1 aliphatic rings. The molecule has 0 heterocycles. The Hall–Kier alpha value is -1.06. The van der Waals surface area contributed by atoms with Crippen LogP contribution in [0.15, 0.2) is 24.3 Å². The fraction of sp³-hybridized carbons (Fsp3) is 0.647. The molecule has 2 rings (SSSR count). The van der Waals surface area contributed by atoms with E-state index in [1.54, 1.807) is 7.11 Å². The Labute approximate surface area is 122 Å². The second kappa shape index (κ2) is 7.09. The van der Waals surface area contributed by atoms with Crippen LogP contribution in [0.4, 0.5) is 0 Å². The third-order valence-electron chi connectivity index (χ3n) is 4.57. The maximum Gasteiger partial charge on any atom is 0.124 e. The van der Waals surface area contributed by atoms with Crippen LogP contribution >= 0.6 is 0 Å². The molecule has 1 atom stereocenters. The fourth-order valence-electron chi connectivity index (χ4n) is 3.15. The van der Waals surface area contributed by atoms with Gasteiger partial charge in [-0.05, 0) is 44.7 Å². The Kier molecular flexibility index (Phi) is 5.44. The summed E-state index contributed by atoms with van der Waals surface area (Å²) in [5.74, 6) is 1.63. The predicted molar refractivity (Wildman–Crippen MR) is 82.0 cm³/mol. The number of methoxy groups -OCH3 is 1. The Bertz CT molecular complexity index is 413. The Balaban J connectivity index is 1.95. The van der Waals surface area contributed by atoms with E-state index >= 15 is 0 Å². The van der Waals surface area contributed by atoms with Crippen LogP contribution < -0.4 is 4.74 Å². The van der Waals surface area contributed by atoms with Crippen LogP contribution in [-0.4, -0.2) is 36.8 Å². The van der Waals surface area contributed by atoms with Crippen LogP contribution in [0.3, 0.4) is 0 Å². The van der Waals surface area contributed by atoms with Gasteiger partial charge < -0.3 is 14.7 Å². The van der Waals surface area contributed by atoms with E-state index in [-0.39, 0.29) is 0 Å². The zero-order chi connectivity index (χ0) is 14.5. The van der Waals surface area contributed by atoms with E-state index in [2.05, 4.69) is 18.9 Å². The standard InChI is InChI=1S/C17H27NO2/c1-13-8-10-14(11-9-13)18(2)12-16(19)15-6-4-5-7-17(15)20-3/h4-7,13-14,16,19H,8-12H2,1-3H3. The Morgan fingerprint density at radius 1 is 1.25 bits per heavy atom. The van der Waals surface area contributed by atoms with Gasteiger partial charge in [0.1, 0.15) is 5.75 Å². The van der Waals surface area contributed by atoms with Gasteiger partial charge in [-0.15, -0.1) is 0 Å². The molecular weight excluding hydrogens is 250 g/mol. The third kappa shape index (κ3) is 3.74. The molecule has 112 valence electrons. The maximum atomic E-state index is 10.5. The van der Waals surface area contributed by atoms with Gasteiger partial charge in [-0.1, -0.05) is 25.1 Å². The van der Waals surface area contributed by atoms with Crippen molar-refractivity contribution in [2.45, 2.75) is 44.8 Å². The van der Waals surface area contributed by atoms with Crippen molar-refractivity contribution in [3.8, 4) is 5.75 Å². The van der Waals surface area contributed by atoms with Crippen LogP contribution in [0.2, 0.25) is 0 Å². The van der Waals surface area contributed by atoms with Gasteiger partial charge in [0.15, 0.2) is 0 Å². The first-order chi connectivity index (χ1) is 9.61. The maximum absolute atomic E-state index is 10.5. The van der Waals surface area contributed by atoms with Crippen molar-refractivity contribution in [1.29, 1.82) is 0 Å². The highest BCUT2D eigenvalue weighted by molar-refractivity contribution is 5.35. The smallest absolute Gasteiger partial charge is 0.124 e. The third-order valence-corrected chi connectivity index (χ3v) is 4.57. The summed E-state index contributed by atoms with van der Waals surface area (Å²) in [4.78, 5) is 2.31. The number of benzene rings is 1. The number of rotatable bonds is 5. The average molecular weight is 277 g/mol. The first kappa shape index (κ1) is 15.3. The number of hydrogen-bond donors (Lipinski definition) is 1. The average Bonchev–Trinajstić information content (AvgIpc) is 2.47. The molecule has 1 fully saturated rings. The molecule has 1 aromatic carbocycles. The van der Waals surface area contributed by atoms with Crippen molar-refractivity contribution in [3.63, 3.8) is 0 Å². The van der Waals surface area contributed by atoms with Crippen molar-refractivity contribution >= 4 is 0 Å². The molecule has 1 aliphatic carbocycles. The van der Waals surface area contributed by atoms with Crippen LogP contribution in [0.25, 0.3) is 0 Å². The lowest BCUT2D eigenvalue weighted by Crippen LogP contribution is -2.37. The molecule has 1 N–H and O–H groups in total. The fourth-order valence-corrected chi connectivity index (χ4v) is 3.15. The molecule has 0 spiro atoms. The largest absolute Gasteiger partial charge is 0.496 e. The Morgan fingerprint density at radius 3 is 2.55 bits per heavy atom. The lowest BCUT2D eigenvalue weighted by Gasteiger charge is -2.34. The van der Waals surface area contributed by atoms with Gasteiger partial charge >= 0.3 is 0 Å². The van der Waals surface area contributed by atoms with E-state index in [0.29, 0.717) is 12.6 Å². The van der Waals surface area contributed by atoms with Gasteiger partial charge in [0.25, 0.3) is 0 Å². The van der Waals surface area contributed by atoms with Crippen molar-refractivity contribution < 1.29 is 9.84 Å². The molecule has 0 aromatic heterocycles. The van der Waals surface area contributed by atoms with Gasteiger partial charge in [-0.25, -0.2) is 0 Å². The summed E-state index contributed by atoms with van der Waals surface area (Å²) >= 11 is 0. The lowest BCUT2D eigenvalue weighted by molar-refractivity contribution is 0.0842. The van der Waals surface area contributed by atoms with Gasteiger partial charge in [-0.3, -0.25) is 0 Å². The quantitative estimate of drug-likeness (QED) is 0.897. The summed E-state index contributed by atoms with van der Waals surface area (Å²) in [5, 5.41) is 10.5. The number of nitrogens with zero attached hydrogens (tertiary/aromatic N) is 1. The number of aliphatic hydroxyl groups is 1. The van der Waals surface area contributed by atoms with Gasteiger partial charge in [0.2, 0.25) is 0 Å². The topological polar surface area (TPSA) is 32.7 Å². The SMILES string of the molecule is COc1ccccc1C(O)CN(C)C1CCC(C)CC1. The minimum Gasteiger partial charge on any atom is -0.496 e. The summed E-state index contributed by atoms with van der Waals surface area (Å²) in [7, 11) is 3.77. The van der Waals surface area contributed by atoms with Crippen LogP contribution in [0.5, 0.6) is 5.75 Å². The molecule has 0 saturated heterocycles. The summed E-state index contributed by atoms with van der Waals surface area (Å²) in [6.07, 6.45) is 4.61. The van der Waals surface area contributed by atoms with E-state index in [1.165, 1.54) is 25.7 Å². The normalized spacial score (nSPS) is 24.6. The number of likely N-dealkylation sites (N-methyl/N-ethyl adjacent to an activating group) is 1. The highest BCUT2D eigenvalue weighted by Gasteiger charge is 2.24. The van der Waals surface area contributed by atoms with Crippen molar-refractivity contribution in [2.75, 3.05) is 20.7 Å². The molecule has 3 heteroatoms. The van der Waals surface area contributed by atoms with Gasteiger partial charge in [-0.2, -0.15) is 0 Å². The monoisotopic (exact) mass is 277 g/mol. The minimum absolute atomic E-state index is 0.490. The first-order valence-corrected chi connectivity index (χ1v) is 7.63. The molecule has 3 nitrogen and oxygen atoms in total. The second-order valence-corrected chi connectivity index (χ2v) is 6.11. The molecule has 0 amide bonds. The highest BCUT2D eigenvalue weighted by Crippen LogP contribution is 2.29. The van der Waals surface area contributed by atoms with E-state index in [9.17, 15) is 5.11 Å². The molecule has 1 aromatic rings. The molecule has 1 saturated carbocycles. The zero-order valence-electron chi connectivity index (χ0n) is 12.9. The van der Waals surface area contributed by atoms with Crippen LogP contribution in [0.1, 0.15) is 44.3 Å². The molecule has 0 radical (unpaired) electrons. The molecule has 20 heavy (non-hydrogen) atoms. The summed E-state index contributed by atoms with van der Waals surface area (Å²) in [6.45, 7) is 3.00. The van der Waals surface area contributed by atoms with Crippen LogP contribution in [-0.2, 0) is 0 Å². The first-order valence-electron chi connectivity index (χ1n) is 7.63. The predicted octanol–water partition coefficient (Wildman–Crippen LogP) is 3.24. The number of hydrogen-bond acceptors (Lipinski definition) is 3. The highest BCUT2D eigenvalue weighted by atomic mass is 16.5. The molecular formula is C17H27NO2. The summed E-state index contributed by atoms with van der Waals surface area (Å²) in [5.41, 5.74) is 0.881. The van der Waals surface area contributed by atoms with Crippen molar-refractivity contribution in [3.05, 3.63) is 29.8 Å². The van der Waals surface area contributed by atoms with Crippen molar-refractivity contribution in [1.82, 2.24) is 4.90 Å². The zero-order valence-corrected chi connectivity index (χ0v) is 12.9. The van der Waals surface area contributed by atoms with E-state index in [4.69, 9.17) is 4.74 Å².